The summed E-state index contributed by atoms with van der Waals surface area (Å²) in [5.41, 5.74) is 1.91. The summed E-state index contributed by atoms with van der Waals surface area (Å²) in [6.07, 6.45) is -0.544. The van der Waals surface area contributed by atoms with Crippen LogP contribution in [0.2, 0.25) is 0 Å². The van der Waals surface area contributed by atoms with Gasteiger partial charge in [-0.1, -0.05) is 30.3 Å². The molecule has 98 valence electrons. The van der Waals surface area contributed by atoms with E-state index in [4.69, 9.17) is 9.47 Å². The van der Waals surface area contributed by atoms with Gasteiger partial charge in [-0.2, -0.15) is 0 Å². The van der Waals surface area contributed by atoms with Gasteiger partial charge in [0, 0.05) is 17.5 Å². The number of hydrogen-bond acceptors (Lipinski definition) is 3. The van der Waals surface area contributed by atoms with Crippen LogP contribution in [0.15, 0.2) is 48.5 Å². The van der Waals surface area contributed by atoms with Crippen LogP contribution in [0, 0.1) is 0 Å². The number of hydrogen-bond donors (Lipinski definition) is 1. The van der Waals surface area contributed by atoms with Crippen LogP contribution >= 0.6 is 0 Å². The summed E-state index contributed by atoms with van der Waals surface area (Å²) < 4.78 is 10.9. The molecule has 0 saturated heterocycles. The quantitative estimate of drug-likeness (QED) is 0.898. The van der Waals surface area contributed by atoms with Gasteiger partial charge in [-0.25, -0.2) is 0 Å². The van der Waals surface area contributed by atoms with Crippen molar-refractivity contribution in [2.45, 2.75) is 12.0 Å². The Hall–Kier alpha value is -2.00. The van der Waals surface area contributed by atoms with E-state index in [1.165, 1.54) is 0 Å². The smallest absolute Gasteiger partial charge is 0.128 e. The first-order valence-corrected chi connectivity index (χ1v) is 6.33. The van der Waals surface area contributed by atoms with E-state index < -0.39 is 6.10 Å². The first kappa shape index (κ1) is 12.1. The van der Waals surface area contributed by atoms with E-state index >= 15 is 0 Å². The van der Waals surface area contributed by atoms with Crippen LogP contribution in [-0.4, -0.2) is 18.8 Å². The Balaban J connectivity index is 1.94. The van der Waals surface area contributed by atoms with Crippen molar-refractivity contribution >= 4 is 0 Å². The summed E-state index contributed by atoms with van der Waals surface area (Å²) in [7, 11) is 1.62. The molecule has 0 amide bonds. The van der Waals surface area contributed by atoms with Crippen molar-refractivity contribution in [1.29, 1.82) is 0 Å². The number of rotatable bonds is 2. The molecule has 2 aromatic rings. The third kappa shape index (κ3) is 2.17. The second kappa shape index (κ2) is 4.94. The van der Waals surface area contributed by atoms with Gasteiger partial charge in [0.25, 0.3) is 0 Å². The summed E-state index contributed by atoms with van der Waals surface area (Å²) >= 11 is 0. The predicted octanol–water partition coefficient (Wildman–Crippen LogP) is 2.90. The Bertz CT molecular complexity index is 565. The first-order valence-electron chi connectivity index (χ1n) is 6.33. The minimum atomic E-state index is -0.544. The van der Waals surface area contributed by atoms with Gasteiger partial charge in [-0.05, 0) is 17.7 Å². The molecule has 3 heteroatoms. The first-order chi connectivity index (χ1) is 9.29. The topological polar surface area (TPSA) is 38.7 Å². The zero-order valence-electron chi connectivity index (χ0n) is 10.7. The van der Waals surface area contributed by atoms with Crippen LogP contribution in [0.3, 0.4) is 0 Å². The van der Waals surface area contributed by atoms with Gasteiger partial charge in [0.1, 0.15) is 11.5 Å². The van der Waals surface area contributed by atoms with E-state index in [1.807, 2.05) is 48.5 Å². The van der Waals surface area contributed by atoms with Gasteiger partial charge >= 0.3 is 0 Å². The molecular formula is C16H16O3. The standard InChI is InChI=1S/C16H16O3/c1-18-12-7-8-13-15(9-12)19-10-14(16(13)17)11-5-3-2-4-6-11/h2-9,14,16-17H,10H2,1H3/t14?,16-/m1/s1. The monoisotopic (exact) mass is 256 g/mol. The van der Waals surface area contributed by atoms with E-state index in [2.05, 4.69) is 0 Å². The van der Waals surface area contributed by atoms with Crippen LogP contribution in [0.1, 0.15) is 23.1 Å². The van der Waals surface area contributed by atoms with Crippen molar-refractivity contribution < 1.29 is 14.6 Å². The second-order valence-electron chi connectivity index (χ2n) is 4.68. The molecule has 1 aliphatic rings. The fraction of sp³-hybridized carbons (Fsp3) is 0.250. The average Bonchev–Trinajstić information content (AvgIpc) is 2.48. The molecule has 1 N–H and O–H groups in total. The van der Waals surface area contributed by atoms with Gasteiger partial charge < -0.3 is 14.6 Å². The lowest BCUT2D eigenvalue weighted by molar-refractivity contribution is 0.0887. The SMILES string of the molecule is COc1ccc2c(c1)OCC(c1ccccc1)[C@@H]2O. The van der Waals surface area contributed by atoms with Gasteiger partial charge in [0.15, 0.2) is 0 Å². The molecule has 2 aromatic carbocycles. The van der Waals surface area contributed by atoms with Crippen LogP contribution in [0.4, 0.5) is 0 Å². The maximum Gasteiger partial charge on any atom is 0.128 e. The summed E-state index contributed by atoms with van der Waals surface area (Å²) in [4.78, 5) is 0. The average molecular weight is 256 g/mol. The number of aliphatic hydroxyl groups excluding tert-OH is 1. The zero-order valence-corrected chi connectivity index (χ0v) is 10.7. The normalized spacial score (nSPS) is 21.4. The molecule has 19 heavy (non-hydrogen) atoms. The second-order valence-corrected chi connectivity index (χ2v) is 4.68. The largest absolute Gasteiger partial charge is 0.497 e. The van der Waals surface area contributed by atoms with E-state index in [0.29, 0.717) is 12.4 Å². The molecule has 0 fully saturated rings. The lowest BCUT2D eigenvalue weighted by Gasteiger charge is -2.30. The number of ether oxygens (including phenoxy) is 2. The summed E-state index contributed by atoms with van der Waals surface area (Å²) in [6, 6.07) is 15.5. The Labute approximate surface area is 112 Å². The van der Waals surface area contributed by atoms with Crippen molar-refractivity contribution in [2.75, 3.05) is 13.7 Å². The van der Waals surface area contributed by atoms with E-state index in [0.717, 1.165) is 16.9 Å². The molecule has 1 unspecified atom stereocenters. The van der Waals surface area contributed by atoms with Crippen LogP contribution in [0.25, 0.3) is 0 Å². The molecule has 2 atom stereocenters. The van der Waals surface area contributed by atoms with Gasteiger partial charge in [-0.15, -0.1) is 0 Å². The molecule has 0 spiro atoms. The summed E-state index contributed by atoms with van der Waals surface area (Å²) in [5, 5.41) is 10.5. The molecule has 0 aromatic heterocycles. The molecule has 1 heterocycles. The van der Waals surface area contributed by atoms with E-state index in [9.17, 15) is 5.11 Å². The highest BCUT2D eigenvalue weighted by atomic mass is 16.5. The Morgan fingerprint density at radius 3 is 2.68 bits per heavy atom. The van der Waals surface area contributed by atoms with Gasteiger partial charge in [-0.3, -0.25) is 0 Å². The molecule has 1 aliphatic heterocycles. The molecule has 0 aliphatic carbocycles. The number of benzene rings is 2. The van der Waals surface area contributed by atoms with Gasteiger partial charge in [0.05, 0.1) is 19.8 Å². The fourth-order valence-electron chi connectivity index (χ4n) is 2.48. The lowest BCUT2D eigenvalue weighted by atomic mass is 9.87. The molecule has 0 radical (unpaired) electrons. The fourth-order valence-corrected chi connectivity index (χ4v) is 2.48. The third-order valence-corrected chi connectivity index (χ3v) is 3.57. The van der Waals surface area contributed by atoms with Crippen LogP contribution in [0.5, 0.6) is 11.5 Å². The van der Waals surface area contributed by atoms with Crippen LogP contribution < -0.4 is 9.47 Å². The molecule has 0 bridgehead atoms. The predicted molar refractivity (Wildman–Crippen MR) is 72.6 cm³/mol. The van der Waals surface area contributed by atoms with Crippen LogP contribution in [-0.2, 0) is 0 Å². The number of aliphatic hydroxyl groups is 1. The molecule has 0 saturated carbocycles. The van der Waals surface area contributed by atoms with Crippen molar-refractivity contribution in [3.05, 3.63) is 59.7 Å². The highest BCUT2D eigenvalue weighted by Gasteiger charge is 2.30. The highest BCUT2D eigenvalue weighted by Crippen LogP contribution is 2.41. The summed E-state index contributed by atoms with van der Waals surface area (Å²) in [6.45, 7) is 0.478. The van der Waals surface area contributed by atoms with Crippen molar-refractivity contribution in [2.24, 2.45) is 0 Å². The van der Waals surface area contributed by atoms with Crippen molar-refractivity contribution in [3.63, 3.8) is 0 Å². The van der Waals surface area contributed by atoms with Crippen molar-refractivity contribution in [1.82, 2.24) is 0 Å². The summed E-state index contributed by atoms with van der Waals surface area (Å²) in [5.74, 6) is 1.42. The molecular weight excluding hydrogens is 240 g/mol. The Morgan fingerprint density at radius 2 is 1.95 bits per heavy atom. The van der Waals surface area contributed by atoms with E-state index in [-0.39, 0.29) is 5.92 Å². The Kier molecular flexibility index (Phi) is 3.13. The third-order valence-electron chi connectivity index (χ3n) is 3.57. The van der Waals surface area contributed by atoms with E-state index in [1.54, 1.807) is 7.11 Å². The van der Waals surface area contributed by atoms with Crippen molar-refractivity contribution in [3.8, 4) is 11.5 Å². The molecule has 3 rings (SSSR count). The zero-order chi connectivity index (χ0) is 13.2. The number of methoxy groups -OCH3 is 1. The maximum atomic E-state index is 10.5. The highest BCUT2D eigenvalue weighted by molar-refractivity contribution is 5.45. The minimum Gasteiger partial charge on any atom is -0.497 e. The van der Waals surface area contributed by atoms with Gasteiger partial charge in [0.2, 0.25) is 0 Å². The maximum absolute atomic E-state index is 10.5. The Morgan fingerprint density at radius 1 is 1.16 bits per heavy atom. The molecule has 3 nitrogen and oxygen atoms in total. The minimum absolute atomic E-state index is 0.0258. The lowest BCUT2D eigenvalue weighted by Crippen LogP contribution is -2.24. The number of fused-ring (bicyclic) bond motifs is 1.